The molecule has 26 heavy (non-hydrogen) atoms. The lowest BCUT2D eigenvalue weighted by Gasteiger charge is -2.36. The summed E-state index contributed by atoms with van der Waals surface area (Å²) in [4.78, 5) is 29.6. The minimum atomic E-state index is -0.342. The van der Waals surface area contributed by atoms with Gasteiger partial charge in [0.05, 0.1) is 18.7 Å². The molecule has 2 aliphatic rings. The number of aromatic nitrogens is 2. The van der Waals surface area contributed by atoms with E-state index in [-0.39, 0.29) is 24.3 Å². The van der Waals surface area contributed by atoms with Crippen LogP contribution in [0.3, 0.4) is 0 Å². The Balaban J connectivity index is 1.65. The number of hydrogen-bond donors (Lipinski definition) is 1. The molecule has 7 heteroatoms. The molecule has 1 saturated carbocycles. The predicted molar refractivity (Wildman–Crippen MR) is 99.2 cm³/mol. The molecule has 0 unspecified atom stereocenters. The Kier molecular flexibility index (Phi) is 5.96. The molecule has 7 nitrogen and oxygen atoms in total. The second-order valence-corrected chi connectivity index (χ2v) is 8.00. The SMILES string of the molecule is CC(C)CCN1CCNC(=O)[C@@H]1CC(=O)N(Cc1cnn(C)c1)C1CC1. The van der Waals surface area contributed by atoms with Crippen LogP contribution in [0.2, 0.25) is 0 Å². The van der Waals surface area contributed by atoms with Crippen molar-refractivity contribution in [3.63, 3.8) is 0 Å². The molecule has 1 aliphatic carbocycles. The molecule has 0 spiro atoms. The quantitative estimate of drug-likeness (QED) is 0.754. The van der Waals surface area contributed by atoms with Gasteiger partial charge in [-0.3, -0.25) is 19.2 Å². The van der Waals surface area contributed by atoms with Crippen molar-refractivity contribution in [1.29, 1.82) is 0 Å². The zero-order valence-corrected chi connectivity index (χ0v) is 16.1. The smallest absolute Gasteiger partial charge is 0.237 e. The van der Waals surface area contributed by atoms with Gasteiger partial charge < -0.3 is 10.2 Å². The summed E-state index contributed by atoms with van der Waals surface area (Å²) in [5.41, 5.74) is 1.04. The first-order chi connectivity index (χ1) is 12.4. The third-order valence-electron chi connectivity index (χ3n) is 5.22. The Bertz CT molecular complexity index is 638. The Labute approximate surface area is 155 Å². The first kappa shape index (κ1) is 18.9. The number of aryl methyl sites for hydroxylation is 1. The van der Waals surface area contributed by atoms with Crippen molar-refractivity contribution in [1.82, 2.24) is 24.9 Å². The maximum atomic E-state index is 13.0. The largest absolute Gasteiger partial charge is 0.353 e. The van der Waals surface area contributed by atoms with Crippen molar-refractivity contribution in [2.24, 2.45) is 13.0 Å². The van der Waals surface area contributed by atoms with Gasteiger partial charge in [-0.2, -0.15) is 5.10 Å². The second kappa shape index (κ2) is 8.20. The van der Waals surface area contributed by atoms with Crippen molar-refractivity contribution >= 4 is 11.8 Å². The van der Waals surface area contributed by atoms with E-state index in [1.807, 2.05) is 24.3 Å². The molecular weight excluding hydrogens is 330 g/mol. The van der Waals surface area contributed by atoms with Gasteiger partial charge in [-0.05, 0) is 31.7 Å². The number of piperazine rings is 1. The summed E-state index contributed by atoms with van der Waals surface area (Å²) in [5, 5.41) is 7.12. The molecule has 1 aliphatic heterocycles. The maximum Gasteiger partial charge on any atom is 0.237 e. The monoisotopic (exact) mass is 361 g/mol. The van der Waals surface area contributed by atoms with Gasteiger partial charge in [-0.1, -0.05) is 13.8 Å². The molecule has 2 heterocycles. The van der Waals surface area contributed by atoms with Crippen molar-refractivity contribution in [2.45, 2.75) is 58.2 Å². The van der Waals surface area contributed by atoms with Crippen LogP contribution in [0.5, 0.6) is 0 Å². The topological polar surface area (TPSA) is 70.5 Å². The normalized spacial score (nSPS) is 21.1. The van der Waals surface area contributed by atoms with Gasteiger partial charge in [0, 0.05) is 44.5 Å². The van der Waals surface area contributed by atoms with Crippen molar-refractivity contribution < 1.29 is 9.59 Å². The number of carbonyl (C=O) groups excluding carboxylic acids is 2. The fourth-order valence-corrected chi connectivity index (χ4v) is 3.52. The Morgan fingerprint density at radius 1 is 1.42 bits per heavy atom. The highest BCUT2D eigenvalue weighted by Gasteiger charge is 2.37. The van der Waals surface area contributed by atoms with Gasteiger partial charge in [0.1, 0.15) is 0 Å². The zero-order valence-electron chi connectivity index (χ0n) is 16.1. The molecule has 1 atom stereocenters. The van der Waals surface area contributed by atoms with Crippen LogP contribution in [0.15, 0.2) is 12.4 Å². The van der Waals surface area contributed by atoms with E-state index in [0.717, 1.165) is 37.9 Å². The Morgan fingerprint density at radius 3 is 2.81 bits per heavy atom. The third kappa shape index (κ3) is 4.84. The summed E-state index contributed by atoms with van der Waals surface area (Å²) < 4.78 is 1.76. The fraction of sp³-hybridized carbons (Fsp3) is 0.737. The molecule has 1 aromatic rings. The van der Waals surface area contributed by atoms with Gasteiger partial charge in [0.25, 0.3) is 0 Å². The molecule has 1 N–H and O–H groups in total. The van der Waals surface area contributed by atoms with Crippen molar-refractivity contribution in [3.8, 4) is 0 Å². The van der Waals surface area contributed by atoms with E-state index in [1.54, 1.807) is 4.68 Å². The van der Waals surface area contributed by atoms with E-state index in [2.05, 4.69) is 29.2 Å². The van der Waals surface area contributed by atoms with Gasteiger partial charge in [-0.25, -0.2) is 0 Å². The molecule has 0 bridgehead atoms. The molecule has 1 saturated heterocycles. The minimum Gasteiger partial charge on any atom is -0.353 e. The van der Waals surface area contributed by atoms with E-state index in [1.165, 1.54) is 0 Å². The van der Waals surface area contributed by atoms with Gasteiger partial charge in [-0.15, -0.1) is 0 Å². The molecule has 0 aromatic carbocycles. The molecule has 1 aromatic heterocycles. The van der Waals surface area contributed by atoms with E-state index in [0.29, 0.717) is 25.0 Å². The summed E-state index contributed by atoms with van der Waals surface area (Å²) in [6.45, 7) is 7.32. The molecule has 0 radical (unpaired) electrons. The van der Waals surface area contributed by atoms with E-state index in [9.17, 15) is 9.59 Å². The van der Waals surface area contributed by atoms with Crippen LogP contribution in [0.4, 0.5) is 0 Å². The lowest BCUT2D eigenvalue weighted by molar-refractivity contribution is -0.139. The van der Waals surface area contributed by atoms with Crippen LogP contribution in [-0.2, 0) is 23.2 Å². The fourth-order valence-electron chi connectivity index (χ4n) is 3.52. The number of amides is 2. The summed E-state index contributed by atoms with van der Waals surface area (Å²) in [5.74, 6) is 0.656. The van der Waals surface area contributed by atoms with E-state index in [4.69, 9.17) is 0 Å². The van der Waals surface area contributed by atoms with Crippen LogP contribution >= 0.6 is 0 Å². The summed E-state index contributed by atoms with van der Waals surface area (Å²) in [6, 6.07) is -0.0244. The Hall–Kier alpha value is -1.89. The molecule has 144 valence electrons. The number of rotatable bonds is 8. The molecule has 2 fully saturated rings. The minimum absolute atomic E-state index is 0.00881. The number of carbonyl (C=O) groups is 2. The lowest BCUT2D eigenvalue weighted by atomic mass is 10.0. The van der Waals surface area contributed by atoms with Crippen LogP contribution < -0.4 is 5.32 Å². The molecule has 3 rings (SSSR count). The first-order valence-corrected chi connectivity index (χ1v) is 9.72. The van der Waals surface area contributed by atoms with Gasteiger partial charge in [0.2, 0.25) is 11.8 Å². The molecule has 2 amide bonds. The van der Waals surface area contributed by atoms with Crippen LogP contribution in [-0.4, -0.2) is 63.1 Å². The number of hydrogen-bond acceptors (Lipinski definition) is 4. The lowest BCUT2D eigenvalue weighted by Crippen LogP contribution is -2.57. The summed E-state index contributed by atoms with van der Waals surface area (Å²) >= 11 is 0. The number of nitrogens with one attached hydrogen (secondary N) is 1. The second-order valence-electron chi connectivity index (χ2n) is 8.00. The van der Waals surface area contributed by atoms with E-state index < -0.39 is 0 Å². The zero-order chi connectivity index (χ0) is 18.7. The van der Waals surface area contributed by atoms with Crippen molar-refractivity contribution in [3.05, 3.63) is 18.0 Å². The van der Waals surface area contributed by atoms with Crippen LogP contribution in [0, 0.1) is 5.92 Å². The summed E-state index contributed by atoms with van der Waals surface area (Å²) in [6.07, 6.45) is 7.18. The van der Waals surface area contributed by atoms with Crippen molar-refractivity contribution in [2.75, 3.05) is 19.6 Å². The Morgan fingerprint density at radius 2 is 2.19 bits per heavy atom. The first-order valence-electron chi connectivity index (χ1n) is 9.72. The molecular formula is C19H31N5O2. The van der Waals surface area contributed by atoms with Gasteiger partial charge >= 0.3 is 0 Å². The standard InChI is InChI=1S/C19H31N5O2/c1-14(2)6-8-23-9-7-20-19(26)17(23)10-18(25)24(16-4-5-16)13-15-11-21-22(3)12-15/h11-12,14,16-17H,4-10,13H2,1-3H3,(H,20,26)/t17-/m0/s1. The van der Waals surface area contributed by atoms with Crippen LogP contribution in [0.25, 0.3) is 0 Å². The van der Waals surface area contributed by atoms with E-state index >= 15 is 0 Å². The third-order valence-corrected chi connectivity index (χ3v) is 5.22. The maximum absolute atomic E-state index is 13.0. The van der Waals surface area contributed by atoms with Crippen LogP contribution in [0.1, 0.15) is 45.1 Å². The number of nitrogens with zero attached hydrogens (tertiary/aromatic N) is 4. The average Bonchev–Trinajstić information content (AvgIpc) is 3.35. The highest BCUT2D eigenvalue weighted by atomic mass is 16.2. The predicted octanol–water partition coefficient (Wildman–Crippen LogP) is 1.15. The summed E-state index contributed by atoms with van der Waals surface area (Å²) in [7, 11) is 1.88. The highest BCUT2D eigenvalue weighted by Crippen LogP contribution is 2.29. The average molecular weight is 361 g/mol. The highest BCUT2D eigenvalue weighted by molar-refractivity contribution is 5.89. The van der Waals surface area contributed by atoms with Gasteiger partial charge in [0.15, 0.2) is 0 Å².